The van der Waals surface area contributed by atoms with Gasteiger partial charge in [-0.15, -0.1) is 21.8 Å². The number of nitrogens with zero attached hydrogens (tertiary/aromatic N) is 13. The Labute approximate surface area is 732 Å². The molecule has 10 aromatic rings. The van der Waals surface area contributed by atoms with Crippen LogP contribution in [0.15, 0.2) is 128 Å². The van der Waals surface area contributed by atoms with E-state index in [4.69, 9.17) is 70.8 Å². The maximum Gasteiger partial charge on any atom is 1.00 e. The molecule has 0 aliphatic carbocycles. The Morgan fingerprint density at radius 3 is 1.23 bits per heavy atom. The fourth-order valence-electron chi connectivity index (χ4n) is 13.1. The Morgan fingerprint density at radius 2 is 0.926 bits per heavy atom. The zero-order valence-corrected chi connectivity index (χ0v) is 69.2. The summed E-state index contributed by atoms with van der Waals surface area (Å²) in [5.41, 5.74) is 11.6. The second-order valence-electron chi connectivity index (χ2n) is 26.1. The number of benzene rings is 5. The third kappa shape index (κ3) is 24.6. The molecule has 27 nitrogen and oxygen atoms in total. The number of carboxylic acid groups (broad SMARTS) is 1. The number of ketones is 2. The molecule has 5 aliphatic rings. The molecule has 0 radical (unpaired) electrons. The molecule has 5 aliphatic heterocycles. The van der Waals surface area contributed by atoms with Crippen molar-refractivity contribution in [3.05, 3.63) is 184 Å². The number of halogens is 1. The van der Waals surface area contributed by atoms with Gasteiger partial charge in [-0.2, -0.15) is 5.26 Å². The van der Waals surface area contributed by atoms with E-state index in [2.05, 4.69) is 86.3 Å². The first-order chi connectivity index (χ1) is 49.6. The maximum absolute atomic E-state index is 12.0. The van der Waals surface area contributed by atoms with Crippen LogP contribution in [0.3, 0.4) is 0 Å². The van der Waals surface area contributed by atoms with Gasteiger partial charge in [-0.25, -0.2) is 19.7 Å². The average molecular weight is 1550 g/mol. The minimum atomic E-state index is -0.925. The molecule has 3 atom stereocenters. The topological polar surface area (TPSA) is 348 Å². The van der Waals surface area contributed by atoms with E-state index in [9.17, 15) is 19.5 Å². The van der Waals surface area contributed by atoms with Gasteiger partial charge in [0.25, 0.3) is 6.47 Å². The smallest absolute Gasteiger partial charge is 1.00 e. The number of carboxylic acids is 1. The van der Waals surface area contributed by atoms with Gasteiger partial charge in [-0.05, 0) is 138 Å². The zero-order valence-electron chi connectivity index (χ0n) is 63.2. The number of imidazole rings is 3. The molecule has 0 saturated carbocycles. The Kier molecular flexibility index (Phi) is 39.2. The molecule has 0 spiro atoms. The normalized spacial score (nSPS) is 16.6. The largest absolute Gasteiger partial charge is 1.00 e. The Balaban J connectivity index is 0.000000334. The number of aryl methyl sites for hydroxylation is 2. The second-order valence-corrected chi connectivity index (χ2v) is 26.4. The minimum Gasteiger partial charge on any atom is -1.00 e. The van der Waals surface area contributed by atoms with Crippen LogP contribution in [0.2, 0.25) is 0 Å². The number of carbonyl (C=O) groups is 4. The van der Waals surface area contributed by atoms with Gasteiger partial charge in [0, 0.05) is 87.6 Å². The predicted octanol–water partition coefficient (Wildman–Crippen LogP) is 1.88. The number of Topliss-reactive ketones (excluding diaryl/α,β-unsaturated/α-hetero) is 2. The first-order valence-corrected chi connectivity index (χ1v) is 35.2. The van der Waals surface area contributed by atoms with Gasteiger partial charge in [-0.1, -0.05) is 68.1 Å². The van der Waals surface area contributed by atoms with E-state index < -0.39 is 5.97 Å². The molecule has 15 rings (SSSR count). The van der Waals surface area contributed by atoms with Gasteiger partial charge in [0.2, 0.25) is 11.8 Å². The third-order valence-corrected chi connectivity index (χ3v) is 19.2. The van der Waals surface area contributed by atoms with E-state index in [0.29, 0.717) is 55.0 Å². The summed E-state index contributed by atoms with van der Waals surface area (Å²) in [6.07, 6.45) is 12.0. The number of fused-ring (bicyclic) bond motifs is 3. The quantitative estimate of drug-likeness (QED) is 0.0239. The number of piperidine rings is 2. The molecule has 0 unspecified atom stereocenters. The Morgan fingerprint density at radius 1 is 0.602 bits per heavy atom. The molecule has 0 bridgehead atoms. The van der Waals surface area contributed by atoms with Crippen molar-refractivity contribution in [2.24, 2.45) is 0 Å². The standard InChI is InChI=1S/C30H35N5O3.C29H33N5O4.C14H15ClN2O2.C2H3N.CH2O3.CH4.2K.Li.2H2O.H/c1-21-17-35(32-30(21)38-20-23-6-4-3-5-7-23)25-10-13-33(14-11-25)19-29-31-27-9-8-24(22(2)36)16-28(27)34(29)18-26-12-15-37-26;1-20-16-34(31-28(20)38-19-21-5-3-2-4-6-21)23-9-12-32(13-10-23)18-27-30-25-8-7-22(29(35)36)15-26(25)33(27)17-24-11-14-37-24;1-9(18)10-2-3-12-13(6-10)17(14(7-15)16-12)8-11-4-5-19-11;1-2-3;2-1-4-3;;;;;;;/h3-9,16-17,25-26H,10-15,18-20H2,1-2H3;2-8,15-16,23-24H,9-14,17-19H2,1H3,(H,35,36);2-3,6,11H,4-5,7-8H2,1H3;1H3;1,3H;1H4;;;;2*1H2;/q;;;;;;3*+1;;;-1/p-2/t26-;24-;11-;;;;;;;;;/m000........./s1. The van der Waals surface area contributed by atoms with Crippen molar-refractivity contribution in [1.29, 1.82) is 5.26 Å². The van der Waals surface area contributed by atoms with E-state index in [1.807, 2.05) is 79.7 Å². The first kappa shape index (κ1) is 92.7. The Bertz CT molecular complexity index is 4320. The molecule has 10 heterocycles. The summed E-state index contributed by atoms with van der Waals surface area (Å²) >= 11 is 5.96. The van der Waals surface area contributed by atoms with Crippen LogP contribution in [0.1, 0.15) is 157 Å². The second kappa shape index (κ2) is 45.6. The number of hydrogen-bond donors (Lipinski definition) is 1. The number of ether oxygens (including phenoxy) is 5. The van der Waals surface area contributed by atoms with Crippen LogP contribution >= 0.6 is 11.6 Å². The van der Waals surface area contributed by atoms with Gasteiger partial charge in [0.1, 0.15) is 30.7 Å². The molecule has 108 heavy (non-hydrogen) atoms. The first-order valence-electron chi connectivity index (χ1n) is 34.6. The van der Waals surface area contributed by atoms with Crippen molar-refractivity contribution in [2.45, 2.75) is 169 Å². The van der Waals surface area contributed by atoms with Crippen LogP contribution in [0.5, 0.6) is 11.8 Å². The number of nitriles is 1. The van der Waals surface area contributed by atoms with Crippen molar-refractivity contribution < 1.29 is 192 Å². The average Bonchev–Trinajstić information content (AvgIpc) is 1.63. The molecule has 31 heteroatoms. The van der Waals surface area contributed by atoms with E-state index in [0.717, 1.165) is 196 Å². The minimum absolute atomic E-state index is 0. The fourth-order valence-corrected chi connectivity index (χ4v) is 13.3. The number of hydrogen-bond acceptors (Lipinski definition) is 20. The van der Waals surface area contributed by atoms with E-state index in [1.54, 1.807) is 38.1 Å². The number of likely N-dealkylation sites (tertiary alicyclic amines) is 2. The van der Waals surface area contributed by atoms with Crippen LogP contribution in [0, 0.1) is 25.2 Å². The molecule has 5 saturated heterocycles. The number of aromatic nitrogens is 10. The van der Waals surface area contributed by atoms with Crippen LogP contribution in [0.4, 0.5) is 0 Å². The van der Waals surface area contributed by atoms with Crippen LogP contribution in [-0.4, -0.2) is 162 Å². The van der Waals surface area contributed by atoms with Crippen molar-refractivity contribution in [1.82, 2.24) is 58.0 Å². The summed E-state index contributed by atoms with van der Waals surface area (Å²) < 4.78 is 39.6. The fraction of sp³-hybridized carbons (Fsp3) is 0.429. The van der Waals surface area contributed by atoms with E-state index in [1.165, 1.54) is 6.92 Å². The van der Waals surface area contributed by atoms with Gasteiger partial charge in [0.15, 0.2) is 11.6 Å². The molecule has 5 aromatic carbocycles. The van der Waals surface area contributed by atoms with Crippen LogP contribution < -0.4 is 136 Å². The van der Waals surface area contributed by atoms with Crippen molar-refractivity contribution >= 4 is 68.7 Å². The summed E-state index contributed by atoms with van der Waals surface area (Å²) in [7, 11) is 0. The van der Waals surface area contributed by atoms with Gasteiger partial charge in [-0.3, -0.25) is 33.5 Å². The van der Waals surface area contributed by atoms with E-state index in [-0.39, 0.29) is 183 Å². The van der Waals surface area contributed by atoms with Crippen LogP contribution in [0.25, 0.3) is 33.1 Å². The summed E-state index contributed by atoms with van der Waals surface area (Å²) in [5.74, 6) is 3.81. The Hall–Kier alpha value is -5.86. The molecule has 5 aromatic heterocycles. The van der Waals surface area contributed by atoms with Crippen molar-refractivity contribution in [2.75, 3.05) is 46.0 Å². The molecular weight excluding hydrogens is 1450 g/mol. The summed E-state index contributed by atoms with van der Waals surface area (Å²) in [6.45, 7) is 19.6. The molecule has 4 N–H and O–H groups in total. The van der Waals surface area contributed by atoms with Gasteiger partial charge in [0.05, 0.1) is 114 Å². The maximum atomic E-state index is 12.0. The van der Waals surface area contributed by atoms with Gasteiger partial charge >= 0.3 is 128 Å². The zero-order chi connectivity index (χ0) is 71.7. The molecule has 0 amide bonds. The summed E-state index contributed by atoms with van der Waals surface area (Å²) in [4.78, 5) is 65.6. The molecule has 5 fully saturated rings. The number of alkyl halides is 1. The van der Waals surface area contributed by atoms with E-state index >= 15 is 0 Å². The third-order valence-electron chi connectivity index (χ3n) is 19.0. The van der Waals surface area contributed by atoms with Crippen molar-refractivity contribution in [3.63, 3.8) is 0 Å². The SMILES string of the molecule is C.CC#N.CC(=O)c1ccc2nc(CCl)n(C[C@@H]3CCO3)c2c1.CC(=O)c1ccc2nc(CN3CCC(n4cc(C)c(OCc5ccccc5)n4)CC3)n(C[C@@H]3CCO3)c2c1.Cc1cn(C2CCN(Cc3nc4ccc(C(=O)O)cc4n3C[C@@H]3CCO3)CC2)nc1OCc1ccccc1.O.O=CO[O-].[H-].[K+].[K+].[Li+].[OH-]. The monoisotopic (exact) mass is 1550 g/mol. The summed E-state index contributed by atoms with van der Waals surface area (Å²) in [5, 5.41) is 34.8. The number of carbonyl (C=O) groups excluding carboxylic acids is 3. The number of aromatic carboxylic acids is 1. The number of rotatable bonds is 23. The van der Waals surface area contributed by atoms with Crippen molar-refractivity contribution in [3.8, 4) is 17.8 Å². The summed E-state index contributed by atoms with van der Waals surface area (Å²) in [6, 6.07) is 39.4. The molecular formula is C77H95ClK2LiN13O14. The molecule has 562 valence electrons. The van der Waals surface area contributed by atoms with Crippen LogP contribution in [-0.2, 0) is 75.7 Å². The predicted molar refractivity (Wildman–Crippen MR) is 393 cm³/mol. The van der Waals surface area contributed by atoms with Gasteiger partial charge < -0.3 is 65.0 Å².